The van der Waals surface area contributed by atoms with E-state index in [1.807, 2.05) is 31.3 Å². The van der Waals surface area contributed by atoms with Crippen LogP contribution in [0.1, 0.15) is 26.2 Å². The molecule has 0 spiro atoms. The molecule has 1 N–H and O–H groups in total. The lowest BCUT2D eigenvalue weighted by Crippen LogP contribution is -2.40. The van der Waals surface area contributed by atoms with Crippen molar-refractivity contribution in [2.24, 2.45) is 4.99 Å². The van der Waals surface area contributed by atoms with Crippen molar-refractivity contribution in [1.29, 1.82) is 0 Å². The maximum atomic E-state index is 5.70. The number of unbranched alkanes of at least 4 members (excludes halogenated alkanes) is 1. The Balaban J connectivity index is 2.20. The van der Waals surface area contributed by atoms with E-state index in [1.54, 1.807) is 7.11 Å². The molecular weight excluding hydrogens is 278 g/mol. The van der Waals surface area contributed by atoms with Crippen LogP contribution < -0.4 is 14.8 Å². The molecule has 5 nitrogen and oxygen atoms in total. The summed E-state index contributed by atoms with van der Waals surface area (Å²) in [5, 5.41) is 3.36. The maximum Gasteiger partial charge on any atom is 0.193 e. The Kier molecular flexibility index (Phi) is 8.88. The highest BCUT2D eigenvalue weighted by Crippen LogP contribution is 2.16. The number of guanidine groups is 1. The molecular formula is C17H29N3O2. The summed E-state index contributed by atoms with van der Waals surface area (Å²) in [4.78, 5) is 6.45. The molecule has 0 amide bonds. The summed E-state index contributed by atoms with van der Waals surface area (Å²) in [6, 6.07) is 7.64. The number of nitrogens with one attached hydrogen (secondary N) is 1. The molecule has 0 radical (unpaired) electrons. The van der Waals surface area contributed by atoms with Crippen molar-refractivity contribution in [3.05, 3.63) is 24.3 Å². The van der Waals surface area contributed by atoms with Crippen LogP contribution in [0.25, 0.3) is 0 Å². The fraction of sp³-hybridized carbons (Fsp3) is 0.588. The summed E-state index contributed by atoms with van der Waals surface area (Å²) in [6.07, 6.45) is 3.29. The summed E-state index contributed by atoms with van der Waals surface area (Å²) in [6.45, 7) is 4.74. The van der Waals surface area contributed by atoms with Crippen molar-refractivity contribution >= 4 is 5.96 Å². The number of benzene rings is 1. The number of hydrogen-bond donors (Lipinski definition) is 1. The van der Waals surface area contributed by atoms with E-state index in [0.29, 0.717) is 6.61 Å². The van der Waals surface area contributed by atoms with E-state index in [1.165, 1.54) is 12.8 Å². The van der Waals surface area contributed by atoms with E-state index in [0.717, 1.165) is 37.0 Å². The number of ether oxygens (including phenoxy) is 2. The van der Waals surface area contributed by atoms with E-state index in [2.05, 4.69) is 29.2 Å². The fourth-order valence-corrected chi connectivity index (χ4v) is 2.02. The number of nitrogens with zero attached hydrogens (tertiary/aromatic N) is 2. The van der Waals surface area contributed by atoms with Crippen molar-refractivity contribution in [1.82, 2.24) is 10.2 Å². The van der Waals surface area contributed by atoms with Crippen LogP contribution in [0.15, 0.2) is 29.3 Å². The van der Waals surface area contributed by atoms with Crippen LogP contribution in [0.4, 0.5) is 0 Å². The molecule has 0 saturated carbocycles. The second-order valence-electron chi connectivity index (χ2n) is 5.13. The predicted molar refractivity (Wildman–Crippen MR) is 92.0 cm³/mol. The summed E-state index contributed by atoms with van der Waals surface area (Å²) < 4.78 is 10.8. The van der Waals surface area contributed by atoms with Gasteiger partial charge >= 0.3 is 0 Å². The van der Waals surface area contributed by atoms with Crippen LogP contribution in [-0.2, 0) is 0 Å². The Hall–Kier alpha value is -1.91. The Morgan fingerprint density at radius 3 is 2.45 bits per heavy atom. The zero-order valence-corrected chi connectivity index (χ0v) is 14.3. The Labute approximate surface area is 134 Å². The Morgan fingerprint density at radius 1 is 1.18 bits per heavy atom. The normalized spacial score (nSPS) is 11.2. The van der Waals surface area contributed by atoms with Gasteiger partial charge in [-0.15, -0.1) is 0 Å². The standard InChI is InChI=1S/C17H29N3O2/c1-5-6-13-20(3)17(18-2)19-12-7-14-22-16-10-8-15(21-4)9-11-16/h8-11H,5-7,12-14H2,1-4H3,(H,18,19). The lowest BCUT2D eigenvalue weighted by atomic mass is 10.3. The minimum atomic E-state index is 0.676. The third kappa shape index (κ3) is 6.70. The fourth-order valence-electron chi connectivity index (χ4n) is 2.02. The lowest BCUT2D eigenvalue weighted by molar-refractivity contribution is 0.309. The first-order chi connectivity index (χ1) is 10.7. The first-order valence-corrected chi connectivity index (χ1v) is 7.90. The van der Waals surface area contributed by atoms with Crippen molar-refractivity contribution in [3.8, 4) is 11.5 Å². The van der Waals surface area contributed by atoms with Gasteiger partial charge in [0, 0.05) is 27.2 Å². The molecule has 0 aliphatic rings. The number of aliphatic imine (C=N–C) groups is 1. The van der Waals surface area contributed by atoms with Gasteiger partial charge in [0.2, 0.25) is 0 Å². The van der Waals surface area contributed by atoms with Crippen LogP contribution in [0, 0.1) is 0 Å². The number of rotatable bonds is 9. The topological polar surface area (TPSA) is 46.1 Å². The summed E-state index contributed by atoms with van der Waals surface area (Å²) in [5.41, 5.74) is 0. The van der Waals surface area contributed by atoms with Gasteiger partial charge in [-0.1, -0.05) is 13.3 Å². The molecule has 5 heteroatoms. The summed E-state index contributed by atoms with van der Waals surface area (Å²) in [7, 11) is 5.55. The molecule has 0 unspecified atom stereocenters. The minimum Gasteiger partial charge on any atom is -0.497 e. The highest BCUT2D eigenvalue weighted by molar-refractivity contribution is 5.79. The van der Waals surface area contributed by atoms with Crippen LogP contribution in [0.5, 0.6) is 11.5 Å². The number of hydrogen-bond acceptors (Lipinski definition) is 3. The van der Waals surface area contributed by atoms with E-state index in [-0.39, 0.29) is 0 Å². The van der Waals surface area contributed by atoms with E-state index in [4.69, 9.17) is 9.47 Å². The van der Waals surface area contributed by atoms with Crippen LogP contribution in [-0.4, -0.2) is 51.8 Å². The van der Waals surface area contributed by atoms with Gasteiger partial charge in [0.25, 0.3) is 0 Å². The Morgan fingerprint density at radius 2 is 1.86 bits per heavy atom. The Bertz CT molecular complexity index is 432. The van der Waals surface area contributed by atoms with E-state index < -0.39 is 0 Å². The third-order valence-corrected chi connectivity index (χ3v) is 3.35. The molecule has 0 aliphatic heterocycles. The third-order valence-electron chi connectivity index (χ3n) is 3.35. The first kappa shape index (κ1) is 18.1. The van der Waals surface area contributed by atoms with Gasteiger partial charge in [0.15, 0.2) is 5.96 Å². The zero-order valence-electron chi connectivity index (χ0n) is 14.3. The molecule has 0 aliphatic carbocycles. The van der Waals surface area contributed by atoms with Crippen molar-refractivity contribution in [2.45, 2.75) is 26.2 Å². The van der Waals surface area contributed by atoms with Gasteiger partial charge in [-0.3, -0.25) is 4.99 Å². The molecule has 1 aromatic rings. The van der Waals surface area contributed by atoms with Crippen LogP contribution >= 0.6 is 0 Å². The van der Waals surface area contributed by atoms with E-state index in [9.17, 15) is 0 Å². The van der Waals surface area contributed by atoms with Gasteiger partial charge in [0.05, 0.1) is 13.7 Å². The average Bonchev–Trinajstić information content (AvgIpc) is 2.56. The first-order valence-electron chi connectivity index (χ1n) is 7.90. The van der Waals surface area contributed by atoms with Gasteiger partial charge in [-0.05, 0) is 37.1 Å². The van der Waals surface area contributed by atoms with Gasteiger partial charge < -0.3 is 19.7 Å². The highest BCUT2D eigenvalue weighted by Gasteiger charge is 2.04. The van der Waals surface area contributed by atoms with Gasteiger partial charge in [0.1, 0.15) is 11.5 Å². The quantitative estimate of drug-likeness (QED) is 0.433. The van der Waals surface area contributed by atoms with Gasteiger partial charge in [-0.2, -0.15) is 0 Å². The molecule has 0 heterocycles. The largest absolute Gasteiger partial charge is 0.497 e. The SMILES string of the molecule is CCCCN(C)C(=NC)NCCCOc1ccc(OC)cc1. The zero-order chi connectivity index (χ0) is 16.2. The molecule has 0 fully saturated rings. The maximum absolute atomic E-state index is 5.70. The monoisotopic (exact) mass is 307 g/mol. The smallest absolute Gasteiger partial charge is 0.193 e. The van der Waals surface area contributed by atoms with Crippen LogP contribution in [0.2, 0.25) is 0 Å². The van der Waals surface area contributed by atoms with Crippen LogP contribution in [0.3, 0.4) is 0 Å². The predicted octanol–water partition coefficient (Wildman–Crippen LogP) is 2.77. The van der Waals surface area contributed by atoms with Crippen molar-refractivity contribution in [2.75, 3.05) is 40.9 Å². The van der Waals surface area contributed by atoms with Crippen molar-refractivity contribution < 1.29 is 9.47 Å². The van der Waals surface area contributed by atoms with E-state index >= 15 is 0 Å². The number of methoxy groups -OCH3 is 1. The molecule has 124 valence electrons. The molecule has 0 saturated heterocycles. The van der Waals surface area contributed by atoms with Gasteiger partial charge in [-0.25, -0.2) is 0 Å². The molecule has 0 aromatic heterocycles. The average molecular weight is 307 g/mol. The molecule has 1 aromatic carbocycles. The molecule has 1 rings (SSSR count). The molecule has 22 heavy (non-hydrogen) atoms. The summed E-state index contributed by atoms with van der Waals surface area (Å²) in [5.74, 6) is 2.65. The minimum absolute atomic E-state index is 0.676. The molecule has 0 atom stereocenters. The second-order valence-corrected chi connectivity index (χ2v) is 5.13. The second kappa shape index (κ2) is 10.8. The lowest BCUT2D eigenvalue weighted by Gasteiger charge is -2.21. The highest BCUT2D eigenvalue weighted by atomic mass is 16.5. The summed E-state index contributed by atoms with van der Waals surface area (Å²) >= 11 is 0. The molecule has 0 bridgehead atoms. The van der Waals surface area contributed by atoms with Crippen molar-refractivity contribution in [3.63, 3.8) is 0 Å².